The van der Waals surface area contributed by atoms with Gasteiger partial charge in [0, 0.05) is 12.1 Å². The van der Waals surface area contributed by atoms with Crippen molar-refractivity contribution < 1.29 is 13.9 Å². The second-order valence-electron chi connectivity index (χ2n) is 4.75. The van der Waals surface area contributed by atoms with Crippen LogP contribution in [0.2, 0.25) is 0 Å². The lowest BCUT2D eigenvalue weighted by Gasteiger charge is -2.16. The Morgan fingerprint density at radius 3 is 3.09 bits per heavy atom. The van der Waals surface area contributed by atoms with Gasteiger partial charge in [0.2, 0.25) is 0 Å². The van der Waals surface area contributed by atoms with Gasteiger partial charge in [-0.2, -0.15) is 5.10 Å². The Balaban J connectivity index is 1.96. The Kier molecular flexibility index (Phi) is 5.52. The number of urea groups is 1. The Hall–Kier alpha value is -3.08. The van der Waals surface area contributed by atoms with Gasteiger partial charge >= 0.3 is 6.03 Å². The maximum atomic E-state index is 13.3. The van der Waals surface area contributed by atoms with E-state index in [0.717, 1.165) is 6.07 Å². The Morgan fingerprint density at radius 2 is 2.39 bits per heavy atom. The summed E-state index contributed by atoms with van der Waals surface area (Å²) in [5.41, 5.74) is 0.200. The summed E-state index contributed by atoms with van der Waals surface area (Å²) in [7, 11) is 0. The molecule has 1 atom stereocenters. The number of benzene rings is 1. The minimum Gasteiger partial charge on any atom is -0.479 e. The van der Waals surface area contributed by atoms with E-state index in [1.54, 1.807) is 11.0 Å². The molecule has 0 aliphatic carbocycles. The first-order chi connectivity index (χ1) is 11.1. The molecule has 1 aromatic heterocycles. The second-order valence-corrected chi connectivity index (χ2v) is 4.75. The third-order valence-electron chi connectivity index (χ3n) is 2.81. The molecule has 0 radical (unpaired) electrons. The SMILES string of the molecule is C#CCOc1ccc(F)cc1NC(=O)N[C@H](C)Cn1cncn1. The van der Waals surface area contributed by atoms with E-state index >= 15 is 0 Å². The molecule has 0 spiro atoms. The standard InChI is InChI=1S/C15H16FN5O2/c1-3-6-23-14-5-4-12(16)7-13(14)20-15(22)19-11(2)8-21-10-17-9-18-21/h1,4-5,7,9-11H,6,8H2,2H3,(H2,19,20,22)/t11-/m1/s1. The van der Waals surface area contributed by atoms with Crippen molar-refractivity contribution in [3.63, 3.8) is 0 Å². The summed E-state index contributed by atoms with van der Waals surface area (Å²) >= 11 is 0. The van der Waals surface area contributed by atoms with E-state index in [4.69, 9.17) is 11.2 Å². The first-order valence-corrected chi connectivity index (χ1v) is 6.84. The van der Waals surface area contributed by atoms with Crippen LogP contribution in [-0.4, -0.2) is 33.4 Å². The van der Waals surface area contributed by atoms with Crippen molar-refractivity contribution in [1.82, 2.24) is 20.1 Å². The summed E-state index contributed by atoms with van der Waals surface area (Å²) in [4.78, 5) is 15.8. The molecule has 120 valence electrons. The number of carbonyl (C=O) groups is 1. The number of nitrogens with one attached hydrogen (secondary N) is 2. The molecule has 2 N–H and O–H groups in total. The van der Waals surface area contributed by atoms with Crippen LogP contribution < -0.4 is 15.4 Å². The molecule has 0 saturated carbocycles. The first kappa shape index (κ1) is 16.3. The molecule has 0 aliphatic rings. The highest BCUT2D eigenvalue weighted by Crippen LogP contribution is 2.25. The van der Waals surface area contributed by atoms with E-state index in [0.29, 0.717) is 12.3 Å². The van der Waals surface area contributed by atoms with Gasteiger partial charge in [0.1, 0.15) is 30.8 Å². The number of nitrogens with zero attached hydrogens (tertiary/aromatic N) is 3. The number of hydrogen-bond acceptors (Lipinski definition) is 4. The summed E-state index contributed by atoms with van der Waals surface area (Å²) in [6, 6.07) is 3.09. The Morgan fingerprint density at radius 1 is 1.57 bits per heavy atom. The monoisotopic (exact) mass is 317 g/mol. The zero-order chi connectivity index (χ0) is 16.7. The minimum atomic E-state index is -0.496. The molecule has 1 heterocycles. The van der Waals surface area contributed by atoms with Crippen LogP contribution in [-0.2, 0) is 6.54 Å². The second kappa shape index (κ2) is 7.79. The zero-order valence-electron chi connectivity index (χ0n) is 12.5. The summed E-state index contributed by atoms with van der Waals surface area (Å²) in [5.74, 6) is 2.11. The van der Waals surface area contributed by atoms with Gasteiger partial charge in [-0.1, -0.05) is 5.92 Å². The fraction of sp³-hybridized carbons (Fsp3) is 0.267. The Labute approximate surface area is 132 Å². The number of ether oxygens (including phenoxy) is 1. The molecule has 2 rings (SSSR count). The third-order valence-corrected chi connectivity index (χ3v) is 2.81. The fourth-order valence-electron chi connectivity index (χ4n) is 1.88. The van der Waals surface area contributed by atoms with Crippen LogP contribution >= 0.6 is 0 Å². The number of amides is 2. The number of carbonyl (C=O) groups excluding carboxylic acids is 1. The number of rotatable bonds is 6. The van der Waals surface area contributed by atoms with Gasteiger partial charge in [0.05, 0.1) is 12.2 Å². The van der Waals surface area contributed by atoms with E-state index in [9.17, 15) is 9.18 Å². The zero-order valence-corrected chi connectivity index (χ0v) is 12.5. The highest BCUT2D eigenvalue weighted by molar-refractivity contribution is 5.91. The molecule has 7 nitrogen and oxygen atoms in total. The van der Waals surface area contributed by atoms with Crippen LogP contribution in [0.4, 0.5) is 14.9 Å². The molecule has 0 fully saturated rings. The van der Waals surface area contributed by atoms with E-state index in [2.05, 4.69) is 26.6 Å². The predicted molar refractivity (Wildman–Crippen MR) is 82.4 cm³/mol. The van der Waals surface area contributed by atoms with Gasteiger partial charge in [-0.15, -0.1) is 6.42 Å². The minimum absolute atomic E-state index is 0.0185. The van der Waals surface area contributed by atoms with Crippen molar-refractivity contribution in [2.75, 3.05) is 11.9 Å². The van der Waals surface area contributed by atoms with Crippen LogP contribution in [0, 0.1) is 18.2 Å². The average Bonchev–Trinajstić information content (AvgIpc) is 2.99. The molecular formula is C15H16FN5O2. The van der Waals surface area contributed by atoms with Crippen molar-refractivity contribution in [2.24, 2.45) is 0 Å². The van der Waals surface area contributed by atoms with Gasteiger partial charge in [0.25, 0.3) is 0 Å². The summed E-state index contributed by atoms with van der Waals surface area (Å²) in [6.45, 7) is 2.28. The number of aromatic nitrogens is 3. The normalized spacial score (nSPS) is 11.3. The van der Waals surface area contributed by atoms with Crippen molar-refractivity contribution in [3.8, 4) is 18.1 Å². The maximum absolute atomic E-state index is 13.3. The topological polar surface area (TPSA) is 81.1 Å². The fourth-order valence-corrected chi connectivity index (χ4v) is 1.88. The van der Waals surface area contributed by atoms with Gasteiger partial charge in [-0.3, -0.25) is 4.68 Å². The lowest BCUT2D eigenvalue weighted by molar-refractivity contribution is 0.247. The summed E-state index contributed by atoms with van der Waals surface area (Å²) in [5, 5.41) is 9.21. The molecule has 2 aromatic rings. The maximum Gasteiger partial charge on any atom is 0.319 e. The third kappa shape index (κ3) is 5.00. The molecule has 0 unspecified atom stereocenters. The Bertz CT molecular complexity index is 696. The highest BCUT2D eigenvalue weighted by atomic mass is 19.1. The average molecular weight is 317 g/mol. The predicted octanol–water partition coefficient (Wildman–Crippen LogP) is 1.64. The lowest BCUT2D eigenvalue weighted by atomic mass is 10.3. The molecule has 2 amide bonds. The van der Waals surface area contributed by atoms with Crippen molar-refractivity contribution in [3.05, 3.63) is 36.7 Å². The molecule has 0 aliphatic heterocycles. The molecule has 0 bridgehead atoms. The smallest absolute Gasteiger partial charge is 0.319 e. The summed E-state index contributed by atoms with van der Waals surface area (Å²) < 4.78 is 20.2. The van der Waals surface area contributed by atoms with Crippen molar-refractivity contribution in [2.45, 2.75) is 19.5 Å². The van der Waals surface area contributed by atoms with Gasteiger partial charge < -0.3 is 15.4 Å². The van der Waals surface area contributed by atoms with E-state index in [-0.39, 0.29) is 18.3 Å². The van der Waals surface area contributed by atoms with Crippen LogP contribution in [0.1, 0.15) is 6.92 Å². The van der Waals surface area contributed by atoms with Gasteiger partial charge in [-0.25, -0.2) is 14.2 Å². The van der Waals surface area contributed by atoms with Gasteiger partial charge in [0.15, 0.2) is 0 Å². The van der Waals surface area contributed by atoms with Crippen LogP contribution in [0.15, 0.2) is 30.9 Å². The number of halogens is 1. The van der Waals surface area contributed by atoms with Crippen LogP contribution in [0.3, 0.4) is 0 Å². The van der Waals surface area contributed by atoms with E-state index in [1.807, 2.05) is 6.92 Å². The van der Waals surface area contributed by atoms with E-state index in [1.165, 1.54) is 18.5 Å². The number of terminal acetylenes is 1. The first-order valence-electron chi connectivity index (χ1n) is 6.84. The van der Waals surface area contributed by atoms with Crippen molar-refractivity contribution in [1.29, 1.82) is 0 Å². The molecule has 0 saturated heterocycles. The molecule has 8 heteroatoms. The van der Waals surface area contributed by atoms with Crippen molar-refractivity contribution >= 4 is 11.7 Å². The quantitative estimate of drug-likeness (QED) is 0.794. The summed E-state index contributed by atoms with van der Waals surface area (Å²) in [6.07, 6.45) is 8.09. The highest BCUT2D eigenvalue weighted by Gasteiger charge is 2.12. The number of hydrogen-bond donors (Lipinski definition) is 2. The van der Waals surface area contributed by atoms with Crippen LogP contribution in [0.5, 0.6) is 5.75 Å². The lowest BCUT2D eigenvalue weighted by Crippen LogP contribution is -2.38. The van der Waals surface area contributed by atoms with Gasteiger partial charge in [-0.05, 0) is 19.1 Å². The molecule has 1 aromatic carbocycles. The molecule has 23 heavy (non-hydrogen) atoms. The van der Waals surface area contributed by atoms with Crippen LogP contribution in [0.25, 0.3) is 0 Å². The largest absolute Gasteiger partial charge is 0.479 e. The van der Waals surface area contributed by atoms with E-state index < -0.39 is 11.8 Å². The molecular weight excluding hydrogens is 301 g/mol. The number of anilines is 1.